The van der Waals surface area contributed by atoms with Gasteiger partial charge in [-0.05, 0) is 47.7 Å². The Balaban J connectivity index is 1.43. The molecule has 0 atom stereocenters. The third-order valence-electron chi connectivity index (χ3n) is 2.52. The quantitative estimate of drug-likeness (QED) is 0.671. The minimum absolute atomic E-state index is 0.992. The van der Waals surface area contributed by atoms with E-state index in [1.807, 2.05) is 0 Å². The van der Waals surface area contributed by atoms with Crippen molar-refractivity contribution in [1.29, 1.82) is 0 Å². The molecule has 3 heteroatoms. The van der Waals surface area contributed by atoms with E-state index < -0.39 is 0 Å². The predicted octanol–water partition coefficient (Wildman–Crippen LogP) is 1.84. The first-order valence-corrected chi connectivity index (χ1v) is 6.32. The number of hydrogen-bond donors (Lipinski definition) is 2. The molecule has 0 aromatic carbocycles. The lowest BCUT2D eigenvalue weighted by atomic mass is 10.3. The number of rotatable bonds is 7. The zero-order chi connectivity index (χ0) is 9.64. The Kier molecular flexibility index (Phi) is 3.98. The summed E-state index contributed by atoms with van der Waals surface area (Å²) in [4.78, 5) is 0. The van der Waals surface area contributed by atoms with Crippen molar-refractivity contribution >= 4 is 11.3 Å². The van der Waals surface area contributed by atoms with Crippen molar-refractivity contribution in [3.8, 4) is 0 Å². The Morgan fingerprint density at radius 2 is 2.14 bits per heavy atom. The zero-order valence-corrected chi connectivity index (χ0v) is 9.28. The second-order valence-corrected chi connectivity index (χ2v) is 4.74. The molecule has 2 rings (SSSR count). The summed E-state index contributed by atoms with van der Waals surface area (Å²) in [5.41, 5.74) is 1.40. The molecule has 1 aromatic rings. The van der Waals surface area contributed by atoms with Gasteiger partial charge in [-0.2, -0.15) is 11.3 Å². The SMILES string of the molecule is c1cc(CNCCNCC2CC2)cs1. The van der Waals surface area contributed by atoms with Gasteiger partial charge in [0.1, 0.15) is 0 Å². The van der Waals surface area contributed by atoms with Crippen molar-refractivity contribution < 1.29 is 0 Å². The number of thiophene rings is 1. The Bertz CT molecular complexity index is 242. The molecule has 0 saturated heterocycles. The molecule has 1 fully saturated rings. The van der Waals surface area contributed by atoms with Crippen LogP contribution in [0.4, 0.5) is 0 Å². The molecule has 1 saturated carbocycles. The van der Waals surface area contributed by atoms with E-state index in [-0.39, 0.29) is 0 Å². The van der Waals surface area contributed by atoms with Crippen molar-refractivity contribution in [2.24, 2.45) is 5.92 Å². The lowest BCUT2D eigenvalue weighted by molar-refractivity contribution is 0.590. The van der Waals surface area contributed by atoms with E-state index >= 15 is 0 Å². The second-order valence-electron chi connectivity index (χ2n) is 3.96. The van der Waals surface area contributed by atoms with Crippen molar-refractivity contribution in [3.05, 3.63) is 22.4 Å². The average molecular weight is 210 g/mol. The number of hydrogen-bond acceptors (Lipinski definition) is 3. The van der Waals surface area contributed by atoms with Gasteiger partial charge in [0.2, 0.25) is 0 Å². The van der Waals surface area contributed by atoms with Gasteiger partial charge in [-0.1, -0.05) is 0 Å². The van der Waals surface area contributed by atoms with E-state index in [1.54, 1.807) is 11.3 Å². The monoisotopic (exact) mass is 210 g/mol. The third-order valence-corrected chi connectivity index (χ3v) is 3.25. The molecule has 14 heavy (non-hydrogen) atoms. The first-order valence-electron chi connectivity index (χ1n) is 5.37. The van der Waals surface area contributed by atoms with Crippen LogP contribution in [-0.4, -0.2) is 19.6 Å². The fraction of sp³-hybridized carbons (Fsp3) is 0.636. The number of nitrogens with one attached hydrogen (secondary N) is 2. The maximum atomic E-state index is 3.47. The predicted molar refractivity (Wildman–Crippen MR) is 61.6 cm³/mol. The van der Waals surface area contributed by atoms with E-state index in [4.69, 9.17) is 0 Å². The molecule has 1 aliphatic carbocycles. The van der Waals surface area contributed by atoms with Crippen LogP contribution in [0.1, 0.15) is 18.4 Å². The van der Waals surface area contributed by atoms with Gasteiger partial charge in [0.05, 0.1) is 0 Å². The van der Waals surface area contributed by atoms with E-state index in [2.05, 4.69) is 27.5 Å². The third kappa shape index (κ3) is 3.78. The molecular formula is C11H18N2S. The lowest BCUT2D eigenvalue weighted by Crippen LogP contribution is -2.28. The van der Waals surface area contributed by atoms with Crippen LogP contribution < -0.4 is 10.6 Å². The zero-order valence-electron chi connectivity index (χ0n) is 8.46. The van der Waals surface area contributed by atoms with Gasteiger partial charge >= 0.3 is 0 Å². The average Bonchev–Trinajstić information content (AvgIpc) is 2.87. The van der Waals surface area contributed by atoms with Gasteiger partial charge < -0.3 is 10.6 Å². The van der Waals surface area contributed by atoms with E-state index in [9.17, 15) is 0 Å². The van der Waals surface area contributed by atoms with Crippen LogP contribution in [0.25, 0.3) is 0 Å². The minimum Gasteiger partial charge on any atom is -0.315 e. The van der Waals surface area contributed by atoms with Crippen molar-refractivity contribution in [1.82, 2.24) is 10.6 Å². The molecule has 0 bridgehead atoms. The molecule has 0 spiro atoms. The van der Waals surface area contributed by atoms with Gasteiger partial charge in [-0.25, -0.2) is 0 Å². The van der Waals surface area contributed by atoms with Crippen LogP contribution in [-0.2, 0) is 6.54 Å². The normalized spacial score (nSPS) is 16.0. The highest BCUT2D eigenvalue weighted by molar-refractivity contribution is 7.07. The summed E-state index contributed by atoms with van der Waals surface area (Å²) >= 11 is 1.76. The molecule has 1 aromatic heterocycles. The van der Waals surface area contributed by atoms with Crippen molar-refractivity contribution in [3.63, 3.8) is 0 Å². The highest BCUT2D eigenvalue weighted by Gasteiger charge is 2.19. The van der Waals surface area contributed by atoms with Crippen LogP contribution in [0.15, 0.2) is 16.8 Å². The van der Waals surface area contributed by atoms with E-state index in [0.29, 0.717) is 0 Å². The molecule has 2 nitrogen and oxygen atoms in total. The highest BCUT2D eigenvalue weighted by Crippen LogP contribution is 2.27. The minimum atomic E-state index is 0.992. The highest BCUT2D eigenvalue weighted by atomic mass is 32.1. The maximum Gasteiger partial charge on any atom is 0.0214 e. The van der Waals surface area contributed by atoms with Crippen molar-refractivity contribution in [2.75, 3.05) is 19.6 Å². The van der Waals surface area contributed by atoms with Crippen molar-refractivity contribution in [2.45, 2.75) is 19.4 Å². The van der Waals surface area contributed by atoms with Crippen LogP contribution in [0.3, 0.4) is 0 Å². The van der Waals surface area contributed by atoms with Gasteiger partial charge in [0.15, 0.2) is 0 Å². The van der Waals surface area contributed by atoms with Gasteiger partial charge in [0.25, 0.3) is 0 Å². The summed E-state index contributed by atoms with van der Waals surface area (Å²) in [5.74, 6) is 0.992. The fourth-order valence-electron chi connectivity index (χ4n) is 1.43. The fourth-order valence-corrected chi connectivity index (χ4v) is 2.10. The topological polar surface area (TPSA) is 24.1 Å². The smallest absolute Gasteiger partial charge is 0.0214 e. The van der Waals surface area contributed by atoms with Gasteiger partial charge in [-0.15, -0.1) is 0 Å². The molecule has 1 aliphatic rings. The standard InChI is InChI=1S/C11H18N2S/c1-2-10(1)7-12-4-5-13-8-11-3-6-14-9-11/h3,6,9-10,12-13H,1-2,4-5,7-8H2. The Labute approximate surface area is 89.7 Å². The Morgan fingerprint density at radius 1 is 1.29 bits per heavy atom. The van der Waals surface area contributed by atoms with E-state index in [1.165, 1.54) is 24.9 Å². The molecular weight excluding hydrogens is 192 g/mol. The maximum absolute atomic E-state index is 3.47. The lowest BCUT2D eigenvalue weighted by Gasteiger charge is -2.04. The summed E-state index contributed by atoms with van der Waals surface area (Å²) < 4.78 is 0. The van der Waals surface area contributed by atoms with Gasteiger partial charge in [0, 0.05) is 19.6 Å². The Morgan fingerprint density at radius 3 is 2.86 bits per heavy atom. The first-order chi connectivity index (χ1) is 6.95. The summed E-state index contributed by atoms with van der Waals surface area (Å²) in [7, 11) is 0. The largest absolute Gasteiger partial charge is 0.315 e. The molecule has 0 unspecified atom stereocenters. The first kappa shape index (κ1) is 10.1. The van der Waals surface area contributed by atoms with Crippen LogP contribution >= 0.6 is 11.3 Å². The molecule has 0 radical (unpaired) electrons. The second kappa shape index (κ2) is 5.49. The molecule has 0 amide bonds. The summed E-state index contributed by atoms with van der Waals surface area (Å²) in [5, 5.41) is 11.2. The van der Waals surface area contributed by atoms with Crippen LogP contribution in [0.2, 0.25) is 0 Å². The summed E-state index contributed by atoms with van der Waals surface area (Å²) in [6.45, 7) is 4.40. The molecule has 1 heterocycles. The van der Waals surface area contributed by atoms with Crippen LogP contribution in [0, 0.1) is 5.92 Å². The van der Waals surface area contributed by atoms with Crippen LogP contribution in [0.5, 0.6) is 0 Å². The molecule has 78 valence electrons. The van der Waals surface area contributed by atoms with Gasteiger partial charge in [-0.3, -0.25) is 0 Å². The summed E-state index contributed by atoms with van der Waals surface area (Å²) in [6, 6.07) is 2.18. The molecule has 2 N–H and O–H groups in total. The molecule has 0 aliphatic heterocycles. The summed E-state index contributed by atoms with van der Waals surface area (Å²) in [6.07, 6.45) is 2.88. The Hall–Kier alpha value is -0.380. The van der Waals surface area contributed by atoms with E-state index in [0.717, 1.165) is 25.6 Å².